The van der Waals surface area contributed by atoms with Crippen LogP contribution in [0.2, 0.25) is 5.02 Å². The first-order valence-corrected chi connectivity index (χ1v) is 6.14. The summed E-state index contributed by atoms with van der Waals surface area (Å²) in [7, 11) is 0. The Morgan fingerprint density at radius 1 is 1.41 bits per heavy atom. The molecular formula is C13H16ClNO2. The van der Waals surface area contributed by atoms with Crippen molar-refractivity contribution in [1.29, 1.82) is 0 Å². The molecule has 2 rings (SSSR count). The number of hydrogen-bond acceptors (Lipinski definition) is 2. The van der Waals surface area contributed by atoms with Crippen molar-refractivity contribution in [3.05, 3.63) is 34.9 Å². The maximum Gasteiger partial charge on any atom is 0.231 e. The van der Waals surface area contributed by atoms with Crippen molar-refractivity contribution in [2.75, 3.05) is 13.2 Å². The van der Waals surface area contributed by atoms with Crippen molar-refractivity contribution in [3.8, 4) is 0 Å². The van der Waals surface area contributed by atoms with Gasteiger partial charge in [-0.3, -0.25) is 4.79 Å². The highest BCUT2D eigenvalue weighted by atomic mass is 35.5. The first-order chi connectivity index (χ1) is 8.16. The quantitative estimate of drug-likeness (QED) is 0.895. The predicted octanol–water partition coefficient (Wildman–Crippen LogP) is 2.38. The first kappa shape index (κ1) is 12.4. The van der Waals surface area contributed by atoms with Crippen LogP contribution in [0.3, 0.4) is 0 Å². The van der Waals surface area contributed by atoms with Gasteiger partial charge in [-0.15, -0.1) is 0 Å². The predicted molar refractivity (Wildman–Crippen MR) is 66.8 cm³/mol. The fraction of sp³-hybridized carbons (Fsp3) is 0.462. The van der Waals surface area contributed by atoms with Crippen molar-refractivity contribution in [1.82, 2.24) is 5.32 Å². The molecule has 0 aromatic heterocycles. The number of nitrogens with one attached hydrogen (secondary N) is 1. The second-order valence-electron chi connectivity index (χ2n) is 4.44. The number of carbonyl (C=O) groups is 1. The molecule has 1 aliphatic heterocycles. The van der Waals surface area contributed by atoms with Crippen LogP contribution < -0.4 is 5.32 Å². The molecule has 1 aliphatic rings. The lowest BCUT2D eigenvalue weighted by atomic mass is 9.82. The van der Waals surface area contributed by atoms with Gasteiger partial charge in [-0.05, 0) is 24.1 Å². The van der Waals surface area contributed by atoms with E-state index in [1.54, 1.807) is 0 Å². The molecule has 1 amide bonds. The van der Waals surface area contributed by atoms with Crippen LogP contribution in [0.5, 0.6) is 0 Å². The number of hydrogen-bond donors (Lipinski definition) is 1. The molecule has 3 nitrogen and oxygen atoms in total. The van der Waals surface area contributed by atoms with E-state index in [4.69, 9.17) is 16.3 Å². The van der Waals surface area contributed by atoms with E-state index in [1.807, 2.05) is 31.2 Å². The van der Waals surface area contributed by atoms with Crippen molar-refractivity contribution >= 4 is 17.5 Å². The van der Waals surface area contributed by atoms with Gasteiger partial charge in [-0.25, -0.2) is 0 Å². The maximum absolute atomic E-state index is 12.0. The molecule has 1 aromatic rings. The van der Waals surface area contributed by atoms with Crippen LogP contribution in [0.15, 0.2) is 24.3 Å². The molecule has 1 fully saturated rings. The fourth-order valence-corrected chi connectivity index (χ4v) is 1.94. The van der Waals surface area contributed by atoms with Crippen LogP contribution in [-0.4, -0.2) is 19.1 Å². The zero-order chi connectivity index (χ0) is 12.3. The van der Waals surface area contributed by atoms with Gasteiger partial charge in [0.15, 0.2) is 0 Å². The Balaban J connectivity index is 1.90. The highest BCUT2D eigenvalue weighted by molar-refractivity contribution is 6.30. The summed E-state index contributed by atoms with van der Waals surface area (Å²) in [5.74, 6) is 0.0844. The molecule has 92 valence electrons. The van der Waals surface area contributed by atoms with E-state index in [-0.39, 0.29) is 11.3 Å². The average molecular weight is 254 g/mol. The molecule has 0 spiro atoms. The summed E-state index contributed by atoms with van der Waals surface area (Å²) in [6.45, 7) is 3.63. The van der Waals surface area contributed by atoms with E-state index in [0.717, 1.165) is 12.0 Å². The van der Waals surface area contributed by atoms with Gasteiger partial charge in [0.2, 0.25) is 5.91 Å². The smallest absolute Gasteiger partial charge is 0.231 e. The lowest BCUT2D eigenvalue weighted by Crippen LogP contribution is -2.53. The SMILES string of the molecule is CCC1(C(=O)NCc2ccc(Cl)cc2)COC1. The third-order valence-corrected chi connectivity index (χ3v) is 3.53. The van der Waals surface area contributed by atoms with E-state index in [9.17, 15) is 4.79 Å². The van der Waals surface area contributed by atoms with Gasteiger partial charge in [0.25, 0.3) is 0 Å². The summed E-state index contributed by atoms with van der Waals surface area (Å²) in [6.07, 6.45) is 0.819. The molecule has 4 heteroatoms. The maximum atomic E-state index is 12.0. The third-order valence-electron chi connectivity index (χ3n) is 3.28. The Morgan fingerprint density at radius 3 is 2.53 bits per heavy atom. The van der Waals surface area contributed by atoms with Crippen molar-refractivity contribution < 1.29 is 9.53 Å². The van der Waals surface area contributed by atoms with E-state index in [2.05, 4.69) is 5.32 Å². The summed E-state index contributed by atoms with van der Waals surface area (Å²) in [5, 5.41) is 3.66. The number of benzene rings is 1. The van der Waals surface area contributed by atoms with Gasteiger partial charge in [-0.2, -0.15) is 0 Å². The minimum absolute atomic E-state index is 0.0844. The van der Waals surface area contributed by atoms with Crippen LogP contribution >= 0.6 is 11.6 Å². The summed E-state index contributed by atoms with van der Waals surface area (Å²) < 4.78 is 5.14. The van der Waals surface area contributed by atoms with Crippen molar-refractivity contribution in [2.45, 2.75) is 19.9 Å². The van der Waals surface area contributed by atoms with Crippen LogP contribution in [0.4, 0.5) is 0 Å². The number of amides is 1. The second kappa shape index (κ2) is 5.07. The average Bonchev–Trinajstić information content (AvgIpc) is 2.27. The highest BCUT2D eigenvalue weighted by Gasteiger charge is 2.43. The number of halogens is 1. The highest BCUT2D eigenvalue weighted by Crippen LogP contribution is 2.31. The minimum Gasteiger partial charge on any atom is -0.379 e. The Labute approximate surface area is 106 Å². The van der Waals surface area contributed by atoms with Gasteiger partial charge >= 0.3 is 0 Å². The van der Waals surface area contributed by atoms with E-state index >= 15 is 0 Å². The number of carbonyl (C=O) groups excluding carboxylic acids is 1. The molecule has 0 aliphatic carbocycles. The zero-order valence-electron chi connectivity index (χ0n) is 9.83. The fourth-order valence-electron chi connectivity index (χ4n) is 1.82. The second-order valence-corrected chi connectivity index (χ2v) is 4.87. The van der Waals surface area contributed by atoms with E-state index in [0.29, 0.717) is 24.8 Å². The largest absolute Gasteiger partial charge is 0.379 e. The molecule has 0 bridgehead atoms. The van der Waals surface area contributed by atoms with Crippen LogP contribution in [0.25, 0.3) is 0 Å². The van der Waals surface area contributed by atoms with E-state index in [1.165, 1.54) is 0 Å². The monoisotopic (exact) mass is 253 g/mol. The molecule has 1 aromatic carbocycles. The summed E-state index contributed by atoms with van der Waals surface area (Å²) in [6, 6.07) is 7.48. The zero-order valence-corrected chi connectivity index (χ0v) is 10.6. The molecule has 0 radical (unpaired) electrons. The van der Waals surface area contributed by atoms with Gasteiger partial charge < -0.3 is 10.1 Å². The van der Waals surface area contributed by atoms with Gasteiger partial charge in [-0.1, -0.05) is 30.7 Å². The standard InChI is InChI=1S/C13H16ClNO2/c1-2-13(8-17-9-13)12(16)15-7-10-3-5-11(14)6-4-10/h3-6H,2,7-9H2,1H3,(H,15,16). The molecular weight excluding hydrogens is 238 g/mol. The molecule has 0 atom stereocenters. The van der Waals surface area contributed by atoms with E-state index < -0.39 is 0 Å². The van der Waals surface area contributed by atoms with Gasteiger partial charge in [0.1, 0.15) is 0 Å². The van der Waals surface area contributed by atoms with Gasteiger partial charge in [0, 0.05) is 11.6 Å². The third kappa shape index (κ3) is 2.61. The Kier molecular flexibility index (Phi) is 3.69. The summed E-state index contributed by atoms with van der Waals surface area (Å²) in [4.78, 5) is 12.0. The molecule has 1 N–H and O–H groups in total. The van der Waals surface area contributed by atoms with Crippen molar-refractivity contribution in [2.24, 2.45) is 5.41 Å². The Bertz CT molecular complexity index is 393. The molecule has 0 saturated carbocycles. The van der Waals surface area contributed by atoms with Gasteiger partial charge in [0.05, 0.1) is 18.6 Å². The van der Waals surface area contributed by atoms with Crippen LogP contribution in [0.1, 0.15) is 18.9 Å². The number of rotatable bonds is 4. The topological polar surface area (TPSA) is 38.3 Å². The summed E-state index contributed by atoms with van der Waals surface area (Å²) in [5.41, 5.74) is 0.751. The normalized spacial score (nSPS) is 17.3. The van der Waals surface area contributed by atoms with Crippen molar-refractivity contribution in [3.63, 3.8) is 0 Å². The number of ether oxygens (including phenoxy) is 1. The summed E-state index contributed by atoms with van der Waals surface area (Å²) >= 11 is 5.80. The van der Waals surface area contributed by atoms with Crippen LogP contribution in [0, 0.1) is 5.41 Å². The molecule has 1 saturated heterocycles. The first-order valence-electron chi connectivity index (χ1n) is 5.77. The molecule has 17 heavy (non-hydrogen) atoms. The van der Waals surface area contributed by atoms with Crippen LogP contribution in [-0.2, 0) is 16.1 Å². The lowest BCUT2D eigenvalue weighted by Gasteiger charge is -2.39. The Morgan fingerprint density at radius 2 is 2.06 bits per heavy atom. The molecule has 1 heterocycles. The Hall–Kier alpha value is -1.06. The minimum atomic E-state index is -0.299. The lowest BCUT2D eigenvalue weighted by molar-refractivity contribution is -0.162. The molecule has 0 unspecified atom stereocenters.